The van der Waals surface area contributed by atoms with Crippen molar-refractivity contribution in [2.45, 2.75) is 118 Å². The average Bonchev–Trinajstić information content (AvgIpc) is 3.72. The smallest absolute Gasteiger partial charge is 0.148 e. The Balaban J connectivity index is 0.00000684. The first kappa shape index (κ1) is 43.3. The maximum atomic E-state index is 11.5. The Hall–Kier alpha value is -5.57. The Labute approximate surface area is 406 Å². The van der Waals surface area contributed by atoms with Crippen LogP contribution in [0, 0.1) is 19.8 Å². The molecular formula is C60H64N3OPt-. The van der Waals surface area contributed by atoms with E-state index < -0.39 is 6.85 Å². The predicted molar refractivity (Wildman–Crippen MR) is 271 cm³/mol. The van der Waals surface area contributed by atoms with Crippen LogP contribution in [0.25, 0.3) is 72.7 Å². The molecule has 65 heavy (non-hydrogen) atoms. The van der Waals surface area contributed by atoms with E-state index in [0.29, 0.717) is 28.1 Å². The van der Waals surface area contributed by atoms with Crippen LogP contribution in [-0.4, -0.2) is 19.6 Å². The Morgan fingerprint density at radius 1 is 0.646 bits per heavy atom. The van der Waals surface area contributed by atoms with Gasteiger partial charge in [0.05, 0.1) is 22.3 Å². The summed E-state index contributed by atoms with van der Waals surface area (Å²) in [7, 11) is 0. The van der Waals surface area contributed by atoms with Gasteiger partial charge in [0.25, 0.3) is 0 Å². The molecule has 6 aromatic carbocycles. The van der Waals surface area contributed by atoms with E-state index >= 15 is 0 Å². The fraction of sp³-hybridized carbons (Fsp3) is 0.300. The zero-order valence-corrected chi connectivity index (χ0v) is 41.9. The molecule has 8 aromatic rings. The van der Waals surface area contributed by atoms with Gasteiger partial charge in [0, 0.05) is 37.1 Å². The topological polar surface area (TPSA) is 50.9 Å². The second kappa shape index (κ2) is 18.7. The SMILES string of the molecule is [2H]C([2H])([2H])c1cc(-c2c(C(C)(CC)CC)cccc2C(C)(CC)CC)ccc1-n1c(-c2ccccc2O)nc2c(-c3[c-]c(-c4cc(-c5ccc(C)cc5)ccn4)cc(C(C)(C)C)c3)cccc21.[Pt]. The molecule has 2 aromatic heterocycles. The molecule has 0 aliphatic rings. The molecule has 336 valence electrons. The van der Waals surface area contributed by atoms with E-state index in [2.05, 4.69) is 148 Å². The Morgan fingerprint density at radius 2 is 1.26 bits per heavy atom. The molecule has 0 spiro atoms. The molecule has 2 heterocycles. The minimum atomic E-state index is -2.51. The van der Waals surface area contributed by atoms with Gasteiger partial charge in [0.2, 0.25) is 0 Å². The van der Waals surface area contributed by atoms with Crippen LogP contribution in [0.4, 0.5) is 0 Å². The van der Waals surface area contributed by atoms with Gasteiger partial charge in [-0.25, -0.2) is 4.98 Å². The van der Waals surface area contributed by atoms with E-state index in [1.54, 1.807) is 12.1 Å². The van der Waals surface area contributed by atoms with Crippen molar-refractivity contribution in [2.75, 3.05) is 0 Å². The first-order chi connectivity index (χ1) is 31.8. The van der Waals surface area contributed by atoms with Crippen LogP contribution in [0.3, 0.4) is 0 Å². The Bertz CT molecular complexity index is 3060. The maximum absolute atomic E-state index is 11.5. The van der Waals surface area contributed by atoms with Crippen LogP contribution in [0.5, 0.6) is 5.75 Å². The number of nitrogens with zero attached hydrogens (tertiary/aromatic N) is 3. The van der Waals surface area contributed by atoms with E-state index in [1.165, 1.54) is 16.7 Å². The molecular weight excluding hydrogens is 974 g/mol. The average molecular weight is 1040 g/mol. The summed E-state index contributed by atoms with van der Waals surface area (Å²) in [5.74, 6) is 0.486. The molecule has 5 heteroatoms. The molecule has 0 saturated heterocycles. The molecule has 0 bridgehead atoms. The summed E-state index contributed by atoms with van der Waals surface area (Å²) in [5, 5.41) is 11.5. The molecule has 0 aliphatic carbocycles. The first-order valence-electron chi connectivity index (χ1n) is 24.5. The number of pyridine rings is 1. The zero-order valence-electron chi connectivity index (χ0n) is 42.6. The van der Waals surface area contributed by atoms with Gasteiger partial charge in [0.1, 0.15) is 11.6 Å². The normalized spacial score (nSPS) is 13.0. The van der Waals surface area contributed by atoms with Gasteiger partial charge in [-0.15, -0.1) is 29.3 Å². The van der Waals surface area contributed by atoms with Crippen LogP contribution in [-0.2, 0) is 37.3 Å². The fourth-order valence-electron chi connectivity index (χ4n) is 9.21. The minimum Gasteiger partial charge on any atom is -0.507 e. The van der Waals surface area contributed by atoms with Crippen molar-refractivity contribution in [1.82, 2.24) is 14.5 Å². The monoisotopic (exact) mass is 1040 g/mol. The molecule has 1 N–H and O–H groups in total. The number of aromatic nitrogens is 3. The van der Waals surface area contributed by atoms with E-state index in [1.807, 2.05) is 53.2 Å². The number of phenols is 1. The van der Waals surface area contributed by atoms with Gasteiger partial charge < -0.3 is 5.11 Å². The predicted octanol–water partition coefficient (Wildman–Crippen LogP) is 16.3. The number of benzene rings is 6. The maximum Gasteiger partial charge on any atom is 0.148 e. The van der Waals surface area contributed by atoms with Crippen molar-refractivity contribution in [2.24, 2.45) is 0 Å². The summed E-state index contributed by atoms with van der Waals surface area (Å²) in [6, 6.07) is 46.6. The Kier molecular flexibility index (Phi) is 12.5. The summed E-state index contributed by atoms with van der Waals surface area (Å²) >= 11 is 0. The van der Waals surface area contributed by atoms with Crippen molar-refractivity contribution in [3.05, 3.63) is 167 Å². The van der Waals surface area contributed by atoms with Crippen molar-refractivity contribution in [3.63, 3.8) is 0 Å². The molecule has 0 saturated carbocycles. The fourth-order valence-corrected chi connectivity index (χ4v) is 9.21. The number of rotatable bonds is 12. The molecule has 4 nitrogen and oxygen atoms in total. The van der Waals surface area contributed by atoms with E-state index in [9.17, 15) is 9.22 Å². The second-order valence-electron chi connectivity index (χ2n) is 19.2. The van der Waals surface area contributed by atoms with Gasteiger partial charge in [-0.05, 0) is 131 Å². The van der Waals surface area contributed by atoms with Crippen molar-refractivity contribution in [3.8, 4) is 67.5 Å². The van der Waals surface area contributed by atoms with Gasteiger partial charge in [0.15, 0.2) is 0 Å². The first-order valence-corrected chi connectivity index (χ1v) is 23.0. The van der Waals surface area contributed by atoms with E-state index in [4.69, 9.17) is 9.97 Å². The Morgan fingerprint density at radius 3 is 1.89 bits per heavy atom. The van der Waals surface area contributed by atoms with Crippen LogP contribution in [0.15, 0.2) is 134 Å². The summed E-state index contributed by atoms with van der Waals surface area (Å²) in [6.07, 6.45) is 5.63. The quantitative estimate of drug-likeness (QED) is 0.124. The van der Waals surface area contributed by atoms with Crippen LogP contribution < -0.4 is 0 Å². The van der Waals surface area contributed by atoms with E-state index in [-0.39, 0.29) is 48.6 Å². The van der Waals surface area contributed by atoms with Gasteiger partial charge in [-0.2, -0.15) is 0 Å². The summed E-state index contributed by atoms with van der Waals surface area (Å²) < 4.78 is 29.5. The third-order valence-corrected chi connectivity index (χ3v) is 14.3. The molecule has 0 amide bonds. The number of hydrogen-bond donors (Lipinski definition) is 1. The molecule has 0 aliphatic heterocycles. The van der Waals surface area contributed by atoms with Crippen LogP contribution >= 0.6 is 0 Å². The summed E-state index contributed by atoms with van der Waals surface area (Å²) in [6.45, 7) is 19.8. The van der Waals surface area contributed by atoms with Crippen molar-refractivity contribution < 1.29 is 30.3 Å². The zero-order chi connectivity index (χ0) is 48.1. The van der Waals surface area contributed by atoms with Crippen LogP contribution in [0.2, 0.25) is 0 Å². The molecule has 0 unspecified atom stereocenters. The molecule has 0 radical (unpaired) electrons. The van der Waals surface area contributed by atoms with E-state index in [0.717, 1.165) is 75.9 Å². The third-order valence-electron chi connectivity index (χ3n) is 14.3. The number of hydrogen-bond acceptors (Lipinski definition) is 3. The minimum absolute atomic E-state index is 0. The van der Waals surface area contributed by atoms with Gasteiger partial charge in [-0.1, -0.05) is 158 Å². The number of imidazole rings is 1. The number of para-hydroxylation sites is 2. The van der Waals surface area contributed by atoms with Crippen molar-refractivity contribution in [1.29, 1.82) is 0 Å². The largest absolute Gasteiger partial charge is 0.507 e. The number of aryl methyl sites for hydroxylation is 2. The van der Waals surface area contributed by atoms with Crippen molar-refractivity contribution >= 4 is 11.0 Å². The standard InChI is InChI=1S/C60H64N3O.Pt/c1-12-59(10,13-2)49-22-19-23-50(60(11,14-3)15-4)55(49)43-30-31-52(40(6)34-43)63-53-24-18-21-47(56(53)62-57(63)48-20-16-17-25-54(48)64)44-35-45(37-46(36-44)58(7,8)9)51-38-42(32-33-61-51)41-28-26-39(5)27-29-41;/h16-34,36-38,64H,12-15H2,1-11H3;/q-1;/i6D3;. The number of phenolic OH excluding ortho intramolecular Hbond substituents is 1. The second-order valence-corrected chi connectivity index (χ2v) is 19.2. The molecule has 8 rings (SSSR count). The molecule has 0 atom stereocenters. The van der Waals surface area contributed by atoms with Gasteiger partial charge in [-0.3, -0.25) is 9.55 Å². The van der Waals surface area contributed by atoms with Gasteiger partial charge >= 0.3 is 0 Å². The van der Waals surface area contributed by atoms with Crippen LogP contribution in [0.1, 0.15) is 120 Å². The summed E-state index contributed by atoms with van der Waals surface area (Å²) in [4.78, 5) is 10.2. The number of fused-ring (bicyclic) bond motifs is 1. The third kappa shape index (κ3) is 8.92. The summed E-state index contributed by atoms with van der Waals surface area (Å²) in [5.41, 5.74) is 14.4. The molecule has 0 fully saturated rings. The number of aromatic hydroxyl groups is 1.